The van der Waals surface area contributed by atoms with Gasteiger partial charge in [0.2, 0.25) is 0 Å². The number of hydrogen-bond donors (Lipinski definition) is 2. The van der Waals surface area contributed by atoms with Gasteiger partial charge in [0, 0.05) is 19.6 Å². The van der Waals surface area contributed by atoms with Gasteiger partial charge in [-0.1, -0.05) is 13.8 Å². The van der Waals surface area contributed by atoms with Gasteiger partial charge in [0.1, 0.15) is 0 Å². The second-order valence-electron chi connectivity index (χ2n) is 4.95. The number of nitrogens with zero attached hydrogens (tertiary/aromatic N) is 1. The monoisotopic (exact) mass is 242 g/mol. The molecule has 2 unspecified atom stereocenters. The second-order valence-corrected chi connectivity index (χ2v) is 4.95. The lowest BCUT2D eigenvalue weighted by Gasteiger charge is -2.21. The van der Waals surface area contributed by atoms with Gasteiger partial charge in [-0.05, 0) is 25.2 Å². The largest absolute Gasteiger partial charge is 0.481 e. The van der Waals surface area contributed by atoms with Crippen LogP contribution in [-0.4, -0.2) is 41.6 Å². The van der Waals surface area contributed by atoms with Crippen LogP contribution >= 0.6 is 0 Å². The van der Waals surface area contributed by atoms with Gasteiger partial charge in [0.15, 0.2) is 0 Å². The van der Waals surface area contributed by atoms with E-state index in [2.05, 4.69) is 12.2 Å². The van der Waals surface area contributed by atoms with Crippen LogP contribution < -0.4 is 5.32 Å². The van der Waals surface area contributed by atoms with Gasteiger partial charge in [0.05, 0.1) is 5.92 Å². The first kappa shape index (κ1) is 13.8. The summed E-state index contributed by atoms with van der Waals surface area (Å²) in [5.74, 6) is -0.745. The molecule has 2 N–H and O–H groups in total. The van der Waals surface area contributed by atoms with Crippen molar-refractivity contribution < 1.29 is 14.7 Å². The molecular formula is C12H22N2O3. The first-order chi connectivity index (χ1) is 8.00. The molecule has 0 spiro atoms. The van der Waals surface area contributed by atoms with Crippen molar-refractivity contribution in [3.05, 3.63) is 0 Å². The van der Waals surface area contributed by atoms with Crippen LogP contribution in [0, 0.1) is 11.8 Å². The number of amides is 2. The minimum atomic E-state index is -0.880. The molecular weight excluding hydrogens is 220 g/mol. The smallest absolute Gasteiger partial charge is 0.317 e. The highest BCUT2D eigenvalue weighted by Crippen LogP contribution is 2.16. The number of urea groups is 1. The molecule has 0 aliphatic carbocycles. The van der Waals surface area contributed by atoms with Gasteiger partial charge in [-0.25, -0.2) is 4.79 Å². The fraction of sp³-hybridized carbons (Fsp3) is 0.833. The first-order valence-corrected chi connectivity index (χ1v) is 6.26. The number of likely N-dealkylation sites (tertiary alicyclic amines) is 1. The Labute approximate surface area is 102 Å². The van der Waals surface area contributed by atoms with E-state index in [0.29, 0.717) is 5.92 Å². The third kappa shape index (κ3) is 4.63. The van der Waals surface area contributed by atoms with Crippen LogP contribution in [0.5, 0.6) is 0 Å². The van der Waals surface area contributed by atoms with E-state index in [-0.39, 0.29) is 12.6 Å². The molecule has 5 heteroatoms. The highest BCUT2D eigenvalue weighted by atomic mass is 16.4. The minimum Gasteiger partial charge on any atom is -0.481 e. The van der Waals surface area contributed by atoms with E-state index in [1.54, 1.807) is 11.8 Å². The number of rotatable bonds is 3. The van der Waals surface area contributed by atoms with E-state index in [0.717, 1.165) is 32.4 Å². The Kier molecular flexibility index (Phi) is 5.25. The summed E-state index contributed by atoms with van der Waals surface area (Å²) in [4.78, 5) is 24.2. The number of carbonyl (C=O) groups excluding carboxylic acids is 1. The zero-order chi connectivity index (χ0) is 12.8. The quantitative estimate of drug-likeness (QED) is 0.788. The van der Waals surface area contributed by atoms with Crippen molar-refractivity contribution in [2.24, 2.45) is 11.8 Å². The van der Waals surface area contributed by atoms with Crippen LogP contribution in [0.2, 0.25) is 0 Å². The molecule has 0 aromatic heterocycles. The Balaban J connectivity index is 2.34. The van der Waals surface area contributed by atoms with Crippen LogP contribution in [-0.2, 0) is 4.79 Å². The van der Waals surface area contributed by atoms with E-state index >= 15 is 0 Å². The summed E-state index contributed by atoms with van der Waals surface area (Å²) in [5, 5.41) is 11.4. The van der Waals surface area contributed by atoms with Crippen LogP contribution in [0.3, 0.4) is 0 Å². The Morgan fingerprint density at radius 2 is 2.12 bits per heavy atom. The van der Waals surface area contributed by atoms with Crippen molar-refractivity contribution in [1.82, 2.24) is 10.2 Å². The maximum Gasteiger partial charge on any atom is 0.317 e. The number of carboxylic acid groups (broad SMARTS) is 1. The van der Waals surface area contributed by atoms with Gasteiger partial charge in [-0.15, -0.1) is 0 Å². The molecule has 1 rings (SSSR count). The number of carboxylic acids is 1. The van der Waals surface area contributed by atoms with Crippen molar-refractivity contribution in [3.63, 3.8) is 0 Å². The topological polar surface area (TPSA) is 69.6 Å². The first-order valence-electron chi connectivity index (χ1n) is 6.26. The standard InChI is InChI=1S/C12H22N2O3/c1-9-4-3-6-14(7-5-9)12(17)13-8-10(2)11(15)16/h9-10H,3-8H2,1-2H3,(H,13,17)(H,15,16). The summed E-state index contributed by atoms with van der Waals surface area (Å²) in [5.41, 5.74) is 0. The van der Waals surface area contributed by atoms with E-state index in [1.165, 1.54) is 0 Å². The average Bonchev–Trinajstić information content (AvgIpc) is 2.50. The highest BCUT2D eigenvalue weighted by Gasteiger charge is 2.19. The molecule has 98 valence electrons. The Bertz CT molecular complexity index is 281. The molecule has 0 saturated carbocycles. The number of aliphatic carboxylic acids is 1. The molecule has 2 atom stereocenters. The van der Waals surface area contributed by atoms with Crippen molar-refractivity contribution >= 4 is 12.0 Å². The van der Waals surface area contributed by atoms with Gasteiger partial charge in [-0.2, -0.15) is 0 Å². The molecule has 1 heterocycles. The third-order valence-corrected chi connectivity index (χ3v) is 3.29. The predicted octanol–water partition coefficient (Wildman–Crippen LogP) is 1.54. The fourth-order valence-electron chi connectivity index (χ4n) is 1.91. The molecule has 0 aromatic rings. The number of nitrogens with one attached hydrogen (secondary N) is 1. The minimum absolute atomic E-state index is 0.132. The molecule has 0 aromatic carbocycles. The van der Waals surface area contributed by atoms with Gasteiger partial charge < -0.3 is 15.3 Å². The van der Waals surface area contributed by atoms with E-state index in [1.807, 2.05) is 0 Å². The van der Waals surface area contributed by atoms with E-state index in [4.69, 9.17) is 5.11 Å². The van der Waals surface area contributed by atoms with E-state index in [9.17, 15) is 9.59 Å². The van der Waals surface area contributed by atoms with Crippen molar-refractivity contribution in [2.75, 3.05) is 19.6 Å². The Hall–Kier alpha value is -1.26. The molecule has 5 nitrogen and oxygen atoms in total. The Morgan fingerprint density at radius 1 is 1.41 bits per heavy atom. The second kappa shape index (κ2) is 6.47. The van der Waals surface area contributed by atoms with Crippen molar-refractivity contribution in [2.45, 2.75) is 33.1 Å². The summed E-state index contributed by atoms with van der Waals surface area (Å²) in [7, 11) is 0. The molecule has 0 radical (unpaired) electrons. The predicted molar refractivity (Wildman–Crippen MR) is 64.8 cm³/mol. The highest BCUT2D eigenvalue weighted by molar-refractivity contribution is 5.75. The lowest BCUT2D eigenvalue weighted by molar-refractivity contribution is -0.140. The van der Waals surface area contributed by atoms with Crippen LogP contribution in [0.4, 0.5) is 4.79 Å². The van der Waals surface area contributed by atoms with Crippen LogP contribution in [0.25, 0.3) is 0 Å². The van der Waals surface area contributed by atoms with Gasteiger partial charge >= 0.3 is 12.0 Å². The molecule has 1 aliphatic rings. The van der Waals surface area contributed by atoms with Crippen molar-refractivity contribution in [3.8, 4) is 0 Å². The SMILES string of the molecule is CC1CCCN(C(=O)NCC(C)C(=O)O)CC1. The zero-order valence-corrected chi connectivity index (χ0v) is 10.6. The maximum atomic E-state index is 11.8. The lowest BCUT2D eigenvalue weighted by Crippen LogP contribution is -2.42. The Morgan fingerprint density at radius 3 is 2.76 bits per heavy atom. The normalized spacial score (nSPS) is 22.7. The summed E-state index contributed by atoms with van der Waals surface area (Å²) in [6.45, 7) is 5.54. The molecule has 0 bridgehead atoms. The van der Waals surface area contributed by atoms with Crippen LogP contribution in [0.15, 0.2) is 0 Å². The van der Waals surface area contributed by atoms with Gasteiger partial charge in [0.25, 0.3) is 0 Å². The summed E-state index contributed by atoms with van der Waals surface area (Å²) in [6, 6.07) is -0.132. The van der Waals surface area contributed by atoms with Crippen molar-refractivity contribution in [1.29, 1.82) is 0 Å². The summed E-state index contributed by atoms with van der Waals surface area (Å²) in [6.07, 6.45) is 3.22. The van der Waals surface area contributed by atoms with Crippen LogP contribution in [0.1, 0.15) is 33.1 Å². The molecule has 2 amide bonds. The summed E-state index contributed by atoms with van der Waals surface area (Å²) < 4.78 is 0. The fourth-order valence-corrected chi connectivity index (χ4v) is 1.91. The zero-order valence-electron chi connectivity index (χ0n) is 10.6. The van der Waals surface area contributed by atoms with Gasteiger partial charge in [-0.3, -0.25) is 4.79 Å². The van der Waals surface area contributed by atoms with E-state index < -0.39 is 11.9 Å². The number of carbonyl (C=O) groups is 2. The average molecular weight is 242 g/mol. The molecule has 1 aliphatic heterocycles. The third-order valence-electron chi connectivity index (χ3n) is 3.29. The molecule has 1 saturated heterocycles. The molecule has 1 fully saturated rings. The molecule has 17 heavy (non-hydrogen) atoms. The summed E-state index contributed by atoms with van der Waals surface area (Å²) >= 11 is 0. The number of hydrogen-bond acceptors (Lipinski definition) is 2. The lowest BCUT2D eigenvalue weighted by atomic mass is 10.0. The maximum absolute atomic E-state index is 11.8.